The number of amides is 2. The predicted octanol–water partition coefficient (Wildman–Crippen LogP) is 4.52. The smallest absolute Gasteiger partial charge is 0.256 e. The summed E-state index contributed by atoms with van der Waals surface area (Å²) >= 11 is 1.56. The van der Waals surface area contributed by atoms with E-state index < -0.39 is 0 Å². The first kappa shape index (κ1) is 22.0. The van der Waals surface area contributed by atoms with Crippen molar-refractivity contribution in [1.82, 2.24) is 4.90 Å². The van der Waals surface area contributed by atoms with E-state index in [2.05, 4.69) is 34.5 Å². The van der Waals surface area contributed by atoms with Crippen LogP contribution >= 0.6 is 11.8 Å². The molecule has 1 aliphatic heterocycles. The molecule has 6 heteroatoms. The van der Waals surface area contributed by atoms with Crippen molar-refractivity contribution in [2.75, 3.05) is 42.1 Å². The second kappa shape index (κ2) is 10.9. The van der Waals surface area contributed by atoms with Gasteiger partial charge in [-0.3, -0.25) is 9.59 Å². The van der Waals surface area contributed by atoms with E-state index in [1.54, 1.807) is 23.9 Å². The molecule has 0 atom stereocenters. The Kier molecular flexibility index (Phi) is 7.46. The molecular formula is C26H27N3O2S. The average molecular weight is 446 g/mol. The fourth-order valence-electron chi connectivity index (χ4n) is 3.78. The van der Waals surface area contributed by atoms with Crippen LogP contribution in [0.15, 0.2) is 84.9 Å². The third kappa shape index (κ3) is 5.71. The Morgan fingerprint density at radius 3 is 2.12 bits per heavy atom. The number of thioether (sulfide) groups is 1. The second-order valence-corrected chi connectivity index (χ2v) is 8.67. The van der Waals surface area contributed by atoms with Crippen LogP contribution in [0.4, 0.5) is 11.4 Å². The number of piperazine rings is 1. The van der Waals surface area contributed by atoms with Gasteiger partial charge in [0, 0.05) is 37.6 Å². The molecule has 0 unspecified atom stereocenters. The molecule has 0 aliphatic carbocycles. The number of carbonyl (C=O) groups is 2. The van der Waals surface area contributed by atoms with Gasteiger partial charge in [0.1, 0.15) is 0 Å². The molecule has 32 heavy (non-hydrogen) atoms. The molecule has 1 fully saturated rings. The SMILES string of the molecule is O=C(CSCc1ccccc1)Nc1ccccc1C(=O)N1CCN(c2ccccc2)CC1. The number of nitrogens with zero attached hydrogens (tertiary/aromatic N) is 2. The molecule has 1 N–H and O–H groups in total. The van der Waals surface area contributed by atoms with Crippen LogP contribution in [0.25, 0.3) is 0 Å². The quantitative estimate of drug-likeness (QED) is 0.581. The van der Waals surface area contributed by atoms with Crippen LogP contribution in [0, 0.1) is 0 Å². The van der Waals surface area contributed by atoms with E-state index in [4.69, 9.17) is 0 Å². The van der Waals surface area contributed by atoms with Crippen molar-refractivity contribution in [2.45, 2.75) is 5.75 Å². The highest BCUT2D eigenvalue weighted by Crippen LogP contribution is 2.21. The summed E-state index contributed by atoms with van der Waals surface area (Å²) in [5.74, 6) is 0.985. The van der Waals surface area contributed by atoms with Crippen molar-refractivity contribution in [3.8, 4) is 0 Å². The molecule has 164 valence electrons. The monoisotopic (exact) mass is 445 g/mol. The van der Waals surface area contributed by atoms with Gasteiger partial charge in [-0.15, -0.1) is 11.8 Å². The van der Waals surface area contributed by atoms with Crippen LogP contribution in [-0.4, -0.2) is 48.6 Å². The highest BCUT2D eigenvalue weighted by Gasteiger charge is 2.24. The summed E-state index contributed by atoms with van der Waals surface area (Å²) < 4.78 is 0. The number of benzene rings is 3. The Hall–Kier alpha value is -3.25. The number of hydrogen-bond donors (Lipinski definition) is 1. The van der Waals surface area contributed by atoms with E-state index >= 15 is 0 Å². The molecule has 3 aromatic rings. The number of rotatable bonds is 7. The number of para-hydroxylation sites is 2. The second-order valence-electron chi connectivity index (χ2n) is 7.69. The Bertz CT molecular complexity index is 1040. The Labute approximate surface area is 193 Å². The normalized spacial score (nSPS) is 13.6. The Morgan fingerprint density at radius 1 is 0.781 bits per heavy atom. The summed E-state index contributed by atoms with van der Waals surface area (Å²) in [6.07, 6.45) is 0. The third-order valence-corrected chi connectivity index (χ3v) is 6.47. The maximum atomic E-state index is 13.2. The summed E-state index contributed by atoms with van der Waals surface area (Å²) in [4.78, 5) is 29.8. The molecule has 5 nitrogen and oxygen atoms in total. The molecule has 0 bridgehead atoms. The molecule has 1 aliphatic rings. The average Bonchev–Trinajstić information content (AvgIpc) is 2.85. The Morgan fingerprint density at radius 2 is 1.41 bits per heavy atom. The van der Waals surface area contributed by atoms with Crippen molar-refractivity contribution in [3.05, 3.63) is 96.1 Å². The minimum Gasteiger partial charge on any atom is -0.368 e. The molecule has 0 radical (unpaired) electrons. The van der Waals surface area contributed by atoms with Crippen LogP contribution in [-0.2, 0) is 10.5 Å². The zero-order valence-electron chi connectivity index (χ0n) is 17.9. The van der Waals surface area contributed by atoms with Gasteiger partial charge in [-0.1, -0.05) is 60.7 Å². The zero-order chi connectivity index (χ0) is 22.2. The van der Waals surface area contributed by atoms with Crippen LogP contribution in [0.1, 0.15) is 15.9 Å². The van der Waals surface area contributed by atoms with E-state index in [-0.39, 0.29) is 11.8 Å². The van der Waals surface area contributed by atoms with E-state index in [0.717, 1.165) is 18.8 Å². The van der Waals surface area contributed by atoms with E-state index in [0.29, 0.717) is 30.1 Å². The fraction of sp³-hybridized carbons (Fsp3) is 0.231. The van der Waals surface area contributed by atoms with Crippen LogP contribution in [0.3, 0.4) is 0 Å². The maximum Gasteiger partial charge on any atom is 0.256 e. The maximum absolute atomic E-state index is 13.2. The Balaban J connectivity index is 1.32. The van der Waals surface area contributed by atoms with Gasteiger partial charge in [-0.2, -0.15) is 0 Å². The van der Waals surface area contributed by atoms with Crippen molar-refractivity contribution in [3.63, 3.8) is 0 Å². The molecule has 1 heterocycles. The highest BCUT2D eigenvalue weighted by atomic mass is 32.2. The molecule has 0 saturated carbocycles. The van der Waals surface area contributed by atoms with E-state index in [1.165, 1.54) is 11.3 Å². The van der Waals surface area contributed by atoms with Crippen molar-refractivity contribution >= 4 is 35.0 Å². The van der Waals surface area contributed by atoms with Crippen LogP contribution in [0.2, 0.25) is 0 Å². The van der Waals surface area contributed by atoms with Crippen LogP contribution in [0.5, 0.6) is 0 Å². The van der Waals surface area contributed by atoms with Crippen molar-refractivity contribution in [1.29, 1.82) is 0 Å². The first-order valence-electron chi connectivity index (χ1n) is 10.8. The fourth-order valence-corrected chi connectivity index (χ4v) is 4.57. The molecule has 2 amide bonds. The molecule has 0 aromatic heterocycles. The summed E-state index contributed by atoms with van der Waals surface area (Å²) in [6, 6.07) is 27.6. The predicted molar refractivity (Wildman–Crippen MR) is 132 cm³/mol. The molecular weight excluding hydrogens is 418 g/mol. The molecule has 0 spiro atoms. The lowest BCUT2D eigenvalue weighted by molar-refractivity contribution is -0.113. The minimum atomic E-state index is -0.0971. The lowest BCUT2D eigenvalue weighted by atomic mass is 10.1. The highest BCUT2D eigenvalue weighted by molar-refractivity contribution is 7.99. The van der Waals surface area contributed by atoms with Gasteiger partial charge in [0.15, 0.2) is 0 Å². The van der Waals surface area contributed by atoms with Gasteiger partial charge in [-0.25, -0.2) is 0 Å². The summed E-state index contributed by atoms with van der Waals surface area (Å²) in [5, 5.41) is 2.93. The first-order valence-corrected chi connectivity index (χ1v) is 12.0. The summed E-state index contributed by atoms with van der Waals surface area (Å²) in [6.45, 7) is 2.90. The number of hydrogen-bond acceptors (Lipinski definition) is 4. The van der Waals surface area contributed by atoms with Crippen LogP contribution < -0.4 is 10.2 Å². The van der Waals surface area contributed by atoms with Gasteiger partial charge >= 0.3 is 0 Å². The standard InChI is InChI=1S/C26H27N3O2S/c30-25(20-32-19-21-9-3-1-4-10-21)27-24-14-8-7-13-23(24)26(31)29-17-15-28(16-18-29)22-11-5-2-6-12-22/h1-14H,15-20H2,(H,27,30). The number of carbonyl (C=O) groups excluding carboxylic acids is 2. The van der Waals surface area contributed by atoms with Gasteiger partial charge in [0.2, 0.25) is 5.91 Å². The minimum absolute atomic E-state index is 0.0365. The summed E-state index contributed by atoms with van der Waals surface area (Å²) in [7, 11) is 0. The lowest BCUT2D eigenvalue weighted by Crippen LogP contribution is -2.49. The lowest BCUT2D eigenvalue weighted by Gasteiger charge is -2.36. The van der Waals surface area contributed by atoms with Crippen molar-refractivity contribution in [2.24, 2.45) is 0 Å². The van der Waals surface area contributed by atoms with Crippen molar-refractivity contribution < 1.29 is 9.59 Å². The van der Waals surface area contributed by atoms with Gasteiger partial charge in [-0.05, 0) is 29.8 Å². The van der Waals surface area contributed by atoms with Gasteiger partial charge in [0.05, 0.1) is 17.0 Å². The number of anilines is 2. The summed E-state index contributed by atoms with van der Waals surface area (Å²) in [5.41, 5.74) is 3.49. The molecule has 1 saturated heterocycles. The topological polar surface area (TPSA) is 52.7 Å². The molecule has 3 aromatic carbocycles. The van der Waals surface area contributed by atoms with E-state index in [1.807, 2.05) is 53.4 Å². The third-order valence-electron chi connectivity index (χ3n) is 5.46. The zero-order valence-corrected chi connectivity index (χ0v) is 18.8. The molecule has 4 rings (SSSR count). The van der Waals surface area contributed by atoms with Gasteiger partial charge < -0.3 is 15.1 Å². The van der Waals surface area contributed by atoms with Gasteiger partial charge in [0.25, 0.3) is 5.91 Å². The van der Waals surface area contributed by atoms with E-state index in [9.17, 15) is 9.59 Å². The first-order chi connectivity index (χ1) is 15.7. The largest absolute Gasteiger partial charge is 0.368 e. The number of nitrogens with one attached hydrogen (secondary N) is 1.